The maximum Gasteiger partial charge on any atom is 0.226 e. The lowest BCUT2D eigenvalue weighted by molar-refractivity contribution is -0.116. The predicted molar refractivity (Wildman–Crippen MR) is 91.0 cm³/mol. The second-order valence-corrected chi connectivity index (χ2v) is 6.88. The van der Waals surface area contributed by atoms with Crippen LogP contribution in [0.4, 0.5) is 5.13 Å². The molecule has 1 N–H and O–H groups in total. The molecule has 0 saturated heterocycles. The van der Waals surface area contributed by atoms with Gasteiger partial charge in [-0.1, -0.05) is 35.2 Å². The van der Waals surface area contributed by atoms with Crippen molar-refractivity contribution in [3.63, 3.8) is 0 Å². The fourth-order valence-electron chi connectivity index (χ4n) is 1.80. The van der Waals surface area contributed by atoms with E-state index in [1.54, 1.807) is 0 Å². The van der Waals surface area contributed by atoms with Crippen LogP contribution in [0.1, 0.15) is 24.0 Å². The van der Waals surface area contributed by atoms with Gasteiger partial charge in [-0.15, -0.1) is 10.2 Å². The summed E-state index contributed by atoms with van der Waals surface area (Å²) in [7, 11) is 0. The van der Waals surface area contributed by atoms with Gasteiger partial charge in [0.25, 0.3) is 0 Å². The highest BCUT2D eigenvalue weighted by Crippen LogP contribution is 2.23. The summed E-state index contributed by atoms with van der Waals surface area (Å²) in [4.78, 5) is 11.8. The molecule has 1 amide bonds. The van der Waals surface area contributed by atoms with E-state index in [9.17, 15) is 4.79 Å². The quantitative estimate of drug-likeness (QED) is 0.474. The van der Waals surface area contributed by atoms with E-state index < -0.39 is 0 Å². The van der Waals surface area contributed by atoms with Crippen molar-refractivity contribution >= 4 is 34.1 Å². The predicted octanol–water partition coefficient (Wildman–Crippen LogP) is 3.67. The Morgan fingerprint density at radius 3 is 2.91 bits per heavy atom. The number of rotatable bonds is 7. The van der Waals surface area contributed by atoms with Crippen LogP contribution < -0.4 is 10.1 Å². The van der Waals surface area contributed by atoms with Crippen LogP contribution in [-0.4, -0.2) is 29.0 Å². The third-order valence-corrected chi connectivity index (χ3v) is 4.79. The van der Waals surface area contributed by atoms with E-state index in [2.05, 4.69) is 21.6 Å². The smallest absolute Gasteiger partial charge is 0.226 e. The fraction of sp³-hybridized carbons (Fsp3) is 0.400. The number of ether oxygens (including phenoxy) is 1. The van der Waals surface area contributed by atoms with E-state index in [1.165, 1.54) is 28.7 Å². The zero-order chi connectivity index (χ0) is 15.9. The average molecular weight is 337 g/mol. The van der Waals surface area contributed by atoms with Gasteiger partial charge in [0.2, 0.25) is 11.0 Å². The molecule has 5 nitrogen and oxygen atoms in total. The van der Waals surface area contributed by atoms with Gasteiger partial charge in [0, 0.05) is 6.42 Å². The van der Waals surface area contributed by atoms with Crippen molar-refractivity contribution in [1.82, 2.24) is 10.2 Å². The molecule has 0 fully saturated rings. The minimum atomic E-state index is -0.0617. The van der Waals surface area contributed by atoms with E-state index in [0.29, 0.717) is 24.6 Å². The molecule has 2 aromatic rings. The van der Waals surface area contributed by atoms with Crippen molar-refractivity contribution in [3.05, 3.63) is 29.3 Å². The topological polar surface area (TPSA) is 64.1 Å². The number of nitrogens with zero attached hydrogens (tertiary/aromatic N) is 2. The van der Waals surface area contributed by atoms with Gasteiger partial charge in [0.15, 0.2) is 4.34 Å². The van der Waals surface area contributed by atoms with Gasteiger partial charge in [-0.25, -0.2) is 0 Å². The minimum absolute atomic E-state index is 0.0617. The molecule has 0 unspecified atom stereocenters. The molecule has 1 aromatic heterocycles. The number of amides is 1. The second-order valence-electron chi connectivity index (χ2n) is 4.85. The first-order chi connectivity index (χ1) is 10.6. The first-order valence-corrected chi connectivity index (χ1v) is 9.00. The van der Waals surface area contributed by atoms with Crippen LogP contribution in [0.15, 0.2) is 22.5 Å². The normalized spacial score (nSPS) is 10.5. The molecule has 1 heterocycles. The van der Waals surface area contributed by atoms with Crippen LogP contribution in [0.3, 0.4) is 0 Å². The fourth-order valence-corrected chi connectivity index (χ4v) is 2.99. The molecule has 0 saturated carbocycles. The Morgan fingerprint density at radius 1 is 1.36 bits per heavy atom. The minimum Gasteiger partial charge on any atom is -0.493 e. The third kappa shape index (κ3) is 4.99. The monoisotopic (exact) mass is 337 g/mol. The number of aromatic nitrogens is 2. The largest absolute Gasteiger partial charge is 0.493 e. The van der Waals surface area contributed by atoms with E-state index in [0.717, 1.165) is 15.7 Å². The van der Waals surface area contributed by atoms with Crippen molar-refractivity contribution in [1.29, 1.82) is 0 Å². The van der Waals surface area contributed by atoms with Gasteiger partial charge in [-0.05, 0) is 43.7 Å². The molecule has 0 spiro atoms. The first-order valence-electron chi connectivity index (χ1n) is 6.96. The van der Waals surface area contributed by atoms with Crippen LogP contribution in [0, 0.1) is 13.8 Å². The van der Waals surface area contributed by atoms with Crippen molar-refractivity contribution in [2.45, 2.75) is 31.0 Å². The summed E-state index contributed by atoms with van der Waals surface area (Å²) in [6.45, 7) is 4.56. The Bertz CT molecular complexity index is 643. The highest BCUT2D eigenvalue weighted by molar-refractivity contribution is 8.00. The number of carbonyl (C=O) groups is 1. The second kappa shape index (κ2) is 8.14. The maximum absolute atomic E-state index is 11.8. The van der Waals surface area contributed by atoms with Crippen molar-refractivity contribution in [2.24, 2.45) is 0 Å². The number of benzene rings is 1. The van der Waals surface area contributed by atoms with Crippen LogP contribution in [0.2, 0.25) is 0 Å². The number of nitrogens with one attached hydrogen (secondary N) is 1. The van der Waals surface area contributed by atoms with Gasteiger partial charge in [0.1, 0.15) is 5.75 Å². The van der Waals surface area contributed by atoms with Gasteiger partial charge in [-0.2, -0.15) is 0 Å². The summed E-state index contributed by atoms with van der Waals surface area (Å²) in [6, 6.07) is 6.11. The Kier molecular flexibility index (Phi) is 6.21. The van der Waals surface area contributed by atoms with Gasteiger partial charge < -0.3 is 10.1 Å². The molecule has 0 aliphatic rings. The van der Waals surface area contributed by atoms with Crippen LogP contribution in [0.25, 0.3) is 0 Å². The number of carbonyl (C=O) groups excluding carboxylic acids is 1. The molecule has 2 rings (SSSR count). The number of thioether (sulfide) groups is 1. The highest BCUT2D eigenvalue weighted by atomic mass is 32.2. The zero-order valence-electron chi connectivity index (χ0n) is 12.9. The molecule has 22 heavy (non-hydrogen) atoms. The number of hydrogen-bond donors (Lipinski definition) is 1. The Morgan fingerprint density at radius 2 is 2.18 bits per heavy atom. The SMILES string of the molecule is CSc1nnc(NC(=O)CCCOc2cc(C)ccc2C)s1. The molecule has 7 heteroatoms. The number of anilines is 1. The Labute approximate surface area is 138 Å². The summed E-state index contributed by atoms with van der Waals surface area (Å²) >= 11 is 2.89. The Hall–Kier alpha value is -1.60. The molecule has 0 radical (unpaired) electrons. The highest BCUT2D eigenvalue weighted by Gasteiger charge is 2.08. The maximum atomic E-state index is 11.8. The van der Waals surface area contributed by atoms with Crippen LogP contribution in [0.5, 0.6) is 5.75 Å². The first kappa shape index (κ1) is 16.8. The lowest BCUT2D eigenvalue weighted by Crippen LogP contribution is -2.12. The summed E-state index contributed by atoms with van der Waals surface area (Å²) in [6.07, 6.45) is 2.99. The van der Waals surface area contributed by atoms with E-state index in [-0.39, 0.29) is 5.91 Å². The molecular weight excluding hydrogens is 318 g/mol. The number of aryl methyl sites for hydroxylation is 2. The third-order valence-electron chi connectivity index (χ3n) is 2.98. The van der Waals surface area contributed by atoms with Crippen molar-refractivity contribution in [3.8, 4) is 5.75 Å². The summed E-state index contributed by atoms with van der Waals surface area (Å²) in [5.74, 6) is 0.822. The lowest BCUT2D eigenvalue weighted by atomic mass is 10.1. The van der Waals surface area contributed by atoms with Gasteiger partial charge in [-0.3, -0.25) is 4.79 Å². The standard InChI is InChI=1S/C15H19N3O2S2/c1-10-6-7-11(2)12(9-10)20-8-4-5-13(19)16-14-17-18-15(21-3)22-14/h6-7,9H,4-5,8H2,1-3H3,(H,16,17,19). The molecular formula is C15H19N3O2S2. The van der Waals surface area contributed by atoms with E-state index in [1.807, 2.05) is 32.2 Å². The summed E-state index contributed by atoms with van der Waals surface area (Å²) < 4.78 is 6.57. The van der Waals surface area contributed by atoms with Gasteiger partial charge in [0.05, 0.1) is 6.61 Å². The van der Waals surface area contributed by atoms with Crippen molar-refractivity contribution < 1.29 is 9.53 Å². The van der Waals surface area contributed by atoms with Crippen molar-refractivity contribution in [2.75, 3.05) is 18.2 Å². The average Bonchev–Trinajstić information content (AvgIpc) is 2.94. The molecule has 118 valence electrons. The van der Waals surface area contributed by atoms with Crippen LogP contribution in [-0.2, 0) is 4.79 Å². The summed E-state index contributed by atoms with van der Waals surface area (Å²) in [5.41, 5.74) is 2.27. The Balaban J connectivity index is 1.72. The summed E-state index contributed by atoms with van der Waals surface area (Å²) in [5, 5.41) is 11.1. The van der Waals surface area contributed by atoms with E-state index >= 15 is 0 Å². The molecule has 0 aliphatic carbocycles. The van der Waals surface area contributed by atoms with Crippen LogP contribution >= 0.6 is 23.1 Å². The molecule has 0 aliphatic heterocycles. The van der Waals surface area contributed by atoms with Gasteiger partial charge >= 0.3 is 0 Å². The zero-order valence-corrected chi connectivity index (χ0v) is 14.5. The molecule has 0 atom stereocenters. The van der Waals surface area contributed by atoms with E-state index in [4.69, 9.17) is 4.74 Å². The number of hydrogen-bond acceptors (Lipinski definition) is 6. The molecule has 1 aromatic carbocycles. The lowest BCUT2D eigenvalue weighted by Gasteiger charge is -2.09. The molecule has 0 bridgehead atoms.